The summed E-state index contributed by atoms with van der Waals surface area (Å²) in [6.07, 6.45) is 1.74. The van der Waals surface area contributed by atoms with Gasteiger partial charge in [0.25, 0.3) is 0 Å². The number of hydrogen-bond donors (Lipinski definition) is 0. The van der Waals surface area contributed by atoms with E-state index >= 15 is 0 Å². The maximum absolute atomic E-state index is 5.23. The third-order valence-corrected chi connectivity index (χ3v) is 1.47. The average Bonchev–Trinajstić information content (AvgIpc) is 2.58. The molecule has 0 atom stereocenters. The lowest BCUT2D eigenvalue weighted by molar-refractivity contribution is 0.347. The average molecular weight is 148 g/mol. The molecule has 0 aromatic carbocycles. The second-order valence-corrected chi connectivity index (χ2v) is 2.25. The first-order valence-corrected chi connectivity index (χ1v) is 3.55. The van der Waals surface area contributed by atoms with E-state index in [1.807, 2.05) is 18.2 Å². The Kier molecular flexibility index (Phi) is 1.55. The van der Waals surface area contributed by atoms with E-state index in [2.05, 4.69) is 9.98 Å². The zero-order valence-electron chi connectivity index (χ0n) is 6.03. The Morgan fingerprint density at radius 1 is 1.36 bits per heavy atom. The molecule has 56 valence electrons. The van der Waals surface area contributed by atoms with Gasteiger partial charge in [-0.15, -0.1) is 0 Å². The summed E-state index contributed by atoms with van der Waals surface area (Å²) in [4.78, 5) is 8.24. The predicted octanol–water partition coefficient (Wildman–Crippen LogP) is 0.858. The fourth-order valence-corrected chi connectivity index (χ4v) is 0.979. The first kappa shape index (κ1) is 6.34. The summed E-state index contributed by atoms with van der Waals surface area (Å²) >= 11 is 0. The van der Waals surface area contributed by atoms with Gasteiger partial charge in [-0.1, -0.05) is 6.07 Å². The first-order valence-electron chi connectivity index (χ1n) is 3.55. The van der Waals surface area contributed by atoms with Gasteiger partial charge in [0.05, 0.1) is 6.54 Å². The fourth-order valence-electron chi connectivity index (χ4n) is 0.979. The molecule has 1 aromatic rings. The van der Waals surface area contributed by atoms with Crippen LogP contribution in [0.15, 0.2) is 29.4 Å². The molecule has 0 fully saturated rings. The van der Waals surface area contributed by atoms with E-state index in [9.17, 15) is 0 Å². The van der Waals surface area contributed by atoms with Crippen LogP contribution in [-0.4, -0.2) is 24.0 Å². The standard InChI is InChI=1S/C8H8N2O/c1-2-4-9-7(3-1)8-10-5-6-11-8/h1-4H,5-6H2. The molecule has 0 amide bonds. The van der Waals surface area contributed by atoms with Gasteiger partial charge in [0, 0.05) is 6.20 Å². The topological polar surface area (TPSA) is 34.5 Å². The molecule has 0 saturated heterocycles. The Labute approximate surface area is 64.7 Å². The van der Waals surface area contributed by atoms with E-state index in [4.69, 9.17) is 4.74 Å². The SMILES string of the molecule is c1ccc(C2=NCCO2)nc1. The lowest BCUT2D eigenvalue weighted by Gasteiger charge is -1.97. The molecule has 0 unspecified atom stereocenters. The normalized spacial score (nSPS) is 15.8. The molecular weight excluding hydrogens is 140 g/mol. The van der Waals surface area contributed by atoms with E-state index in [1.54, 1.807) is 6.20 Å². The number of ether oxygens (including phenoxy) is 1. The highest BCUT2D eigenvalue weighted by atomic mass is 16.5. The van der Waals surface area contributed by atoms with Gasteiger partial charge in [0.15, 0.2) is 0 Å². The van der Waals surface area contributed by atoms with E-state index in [0.29, 0.717) is 12.5 Å². The van der Waals surface area contributed by atoms with Crippen LogP contribution >= 0.6 is 0 Å². The number of nitrogens with zero attached hydrogens (tertiary/aromatic N) is 2. The minimum atomic E-state index is 0.672. The van der Waals surface area contributed by atoms with Crippen LogP contribution in [-0.2, 0) is 4.74 Å². The van der Waals surface area contributed by atoms with Crippen LogP contribution in [0, 0.1) is 0 Å². The number of rotatable bonds is 1. The molecule has 2 heterocycles. The molecular formula is C8H8N2O. The quantitative estimate of drug-likeness (QED) is 0.592. The maximum Gasteiger partial charge on any atom is 0.235 e. The number of pyridine rings is 1. The molecule has 3 heteroatoms. The number of aromatic nitrogens is 1. The third-order valence-electron chi connectivity index (χ3n) is 1.47. The van der Waals surface area contributed by atoms with Crippen molar-refractivity contribution < 1.29 is 4.74 Å². The smallest absolute Gasteiger partial charge is 0.235 e. The summed E-state index contributed by atoms with van der Waals surface area (Å²) in [5, 5.41) is 0. The summed E-state index contributed by atoms with van der Waals surface area (Å²) in [6, 6.07) is 5.69. The molecule has 1 aromatic heterocycles. The van der Waals surface area contributed by atoms with E-state index in [-0.39, 0.29) is 0 Å². The fraction of sp³-hybridized carbons (Fsp3) is 0.250. The Morgan fingerprint density at radius 3 is 3.00 bits per heavy atom. The minimum absolute atomic E-state index is 0.672. The monoisotopic (exact) mass is 148 g/mol. The molecule has 0 spiro atoms. The van der Waals surface area contributed by atoms with Gasteiger partial charge in [0.2, 0.25) is 5.90 Å². The molecule has 0 saturated carbocycles. The highest BCUT2D eigenvalue weighted by Gasteiger charge is 2.09. The highest BCUT2D eigenvalue weighted by molar-refractivity contribution is 5.92. The van der Waals surface area contributed by atoms with Crippen molar-refractivity contribution in [1.29, 1.82) is 0 Å². The van der Waals surface area contributed by atoms with Crippen molar-refractivity contribution in [3.63, 3.8) is 0 Å². The second-order valence-electron chi connectivity index (χ2n) is 2.25. The molecule has 0 aliphatic carbocycles. The lowest BCUT2D eigenvalue weighted by atomic mass is 10.3. The lowest BCUT2D eigenvalue weighted by Crippen LogP contribution is -2.02. The van der Waals surface area contributed by atoms with E-state index in [0.717, 1.165) is 12.2 Å². The molecule has 0 bridgehead atoms. The Hall–Kier alpha value is -1.38. The predicted molar refractivity (Wildman–Crippen MR) is 41.6 cm³/mol. The molecule has 1 aliphatic rings. The summed E-state index contributed by atoms with van der Waals surface area (Å²) in [5.41, 5.74) is 0.824. The summed E-state index contributed by atoms with van der Waals surface area (Å²) < 4.78 is 5.23. The Bertz CT molecular complexity index is 269. The van der Waals surface area contributed by atoms with Crippen molar-refractivity contribution in [2.45, 2.75) is 0 Å². The summed E-state index contributed by atoms with van der Waals surface area (Å²) in [5.74, 6) is 0.672. The zero-order chi connectivity index (χ0) is 7.52. The van der Waals surface area contributed by atoms with Gasteiger partial charge in [-0.05, 0) is 12.1 Å². The van der Waals surface area contributed by atoms with Gasteiger partial charge in [0.1, 0.15) is 12.3 Å². The van der Waals surface area contributed by atoms with Crippen LogP contribution in [0.2, 0.25) is 0 Å². The number of aliphatic imine (C=N–C) groups is 1. The molecule has 0 radical (unpaired) electrons. The molecule has 1 aliphatic heterocycles. The second kappa shape index (κ2) is 2.70. The van der Waals surface area contributed by atoms with Crippen LogP contribution in [0.25, 0.3) is 0 Å². The minimum Gasteiger partial charge on any atom is -0.474 e. The van der Waals surface area contributed by atoms with E-state index < -0.39 is 0 Å². The highest BCUT2D eigenvalue weighted by Crippen LogP contribution is 2.02. The van der Waals surface area contributed by atoms with Crippen molar-refractivity contribution in [2.24, 2.45) is 4.99 Å². The maximum atomic E-state index is 5.23. The van der Waals surface area contributed by atoms with Crippen molar-refractivity contribution in [3.05, 3.63) is 30.1 Å². The zero-order valence-corrected chi connectivity index (χ0v) is 6.03. The van der Waals surface area contributed by atoms with Gasteiger partial charge in [-0.3, -0.25) is 4.98 Å². The van der Waals surface area contributed by atoms with Crippen molar-refractivity contribution >= 4 is 5.90 Å². The van der Waals surface area contributed by atoms with Gasteiger partial charge in [-0.2, -0.15) is 0 Å². The largest absolute Gasteiger partial charge is 0.474 e. The Morgan fingerprint density at radius 2 is 2.36 bits per heavy atom. The molecule has 2 rings (SSSR count). The van der Waals surface area contributed by atoms with Gasteiger partial charge in [-0.25, -0.2) is 4.99 Å². The van der Waals surface area contributed by atoms with E-state index in [1.165, 1.54) is 0 Å². The van der Waals surface area contributed by atoms with Gasteiger partial charge >= 0.3 is 0 Å². The number of hydrogen-bond acceptors (Lipinski definition) is 3. The molecule has 3 nitrogen and oxygen atoms in total. The summed E-state index contributed by atoms with van der Waals surface area (Å²) in [6.45, 7) is 1.44. The summed E-state index contributed by atoms with van der Waals surface area (Å²) in [7, 11) is 0. The van der Waals surface area contributed by atoms with Crippen molar-refractivity contribution in [1.82, 2.24) is 4.98 Å². The Balaban J connectivity index is 2.29. The first-order chi connectivity index (χ1) is 5.47. The van der Waals surface area contributed by atoms with Crippen molar-refractivity contribution in [2.75, 3.05) is 13.2 Å². The van der Waals surface area contributed by atoms with Gasteiger partial charge < -0.3 is 4.74 Å². The van der Waals surface area contributed by atoms with Crippen molar-refractivity contribution in [3.8, 4) is 0 Å². The van der Waals surface area contributed by atoms with Crippen LogP contribution in [0.1, 0.15) is 5.69 Å². The van der Waals surface area contributed by atoms with Crippen LogP contribution < -0.4 is 0 Å². The third kappa shape index (κ3) is 1.22. The van der Waals surface area contributed by atoms with Crippen LogP contribution in [0.5, 0.6) is 0 Å². The molecule has 0 N–H and O–H groups in total. The molecule has 11 heavy (non-hydrogen) atoms. The van der Waals surface area contributed by atoms with Crippen LogP contribution in [0.3, 0.4) is 0 Å². The van der Waals surface area contributed by atoms with Crippen LogP contribution in [0.4, 0.5) is 0 Å².